The van der Waals surface area contributed by atoms with E-state index in [9.17, 15) is 13.2 Å². The smallest absolute Gasteiger partial charge is 0.263 e. The molecule has 0 fully saturated rings. The summed E-state index contributed by atoms with van der Waals surface area (Å²) in [6, 6.07) is 13.5. The number of hydrogen-bond acceptors (Lipinski definition) is 7. The van der Waals surface area contributed by atoms with Gasteiger partial charge >= 0.3 is 0 Å². The molecule has 0 N–H and O–H groups in total. The number of hydrogen-bond donors (Lipinski definition) is 0. The summed E-state index contributed by atoms with van der Waals surface area (Å²) in [6.45, 7) is 1.72. The van der Waals surface area contributed by atoms with E-state index in [1.165, 1.54) is 11.9 Å². The molecule has 2 aromatic carbocycles. The van der Waals surface area contributed by atoms with Gasteiger partial charge in [0.1, 0.15) is 5.75 Å². The Hall–Kier alpha value is -3.11. The van der Waals surface area contributed by atoms with Crippen LogP contribution in [0.1, 0.15) is 12.8 Å². The van der Waals surface area contributed by atoms with Gasteiger partial charge in [-0.05, 0) is 43.3 Å². The summed E-state index contributed by atoms with van der Waals surface area (Å²) in [5.41, 5.74) is 1.13. The topological polar surface area (TPSA) is 106 Å². The van der Waals surface area contributed by atoms with Crippen LogP contribution >= 0.6 is 11.6 Å². The monoisotopic (exact) mass is 478 g/mol. The fraction of sp³-hybridized carbons (Fsp3) is 0.286. The molecule has 0 spiro atoms. The third kappa shape index (κ3) is 5.57. The van der Waals surface area contributed by atoms with Crippen LogP contribution in [0, 0.1) is 0 Å². The zero-order valence-corrected chi connectivity index (χ0v) is 19.6. The van der Waals surface area contributed by atoms with Crippen molar-refractivity contribution in [1.82, 2.24) is 15.0 Å². The largest absolute Gasteiger partial charge is 0.481 e. The lowest BCUT2D eigenvalue weighted by molar-refractivity contribution is -0.137. The Kier molecular flexibility index (Phi) is 7.05. The van der Waals surface area contributed by atoms with Crippen molar-refractivity contribution in [2.75, 3.05) is 24.7 Å². The standard InChI is InChI=1S/C21H23ClN4O5S/c1-14(30-16-11-9-15(10-12-16)26(3)32(4,28)29)21(27)25(2)13-19-23-20(24-31-19)17-7-5-6-8-18(17)22/h5-12,14H,13H2,1-4H3/t14-/m1/s1. The van der Waals surface area contributed by atoms with E-state index in [-0.39, 0.29) is 18.3 Å². The minimum Gasteiger partial charge on any atom is -0.481 e. The second-order valence-corrected chi connectivity index (χ2v) is 9.59. The maximum atomic E-state index is 12.7. The molecule has 0 radical (unpaired) electrons. The first-order valence-corrected chi connectivity index (χ1v) is 11.8. The molecule has 9 nitrogen and oxygen atoms in total. The van der Waals surface area contributed by atoms with Gasteiger partial charge in [-0.25, -0.2) is 8.42 Å². The number of carbonyl (C=O) groups is 1. The second-order valence-electron chi connectivity index (χ2n) is 7.17. The molecular weight excluding hydrogens is 456 g/mol. The molecule has 32 heavy (non-hydrogen) atoms. The third-order valence-corrected chi connectivity index (χ3v) is 6.23. The van der Waals surface area contributed by atoms with Crippen molar-refractivity contribution < 1.29 is 22.5 Å². The molecule has 11 heteroatoms. The van der Waals surface area contributed by atoms with Gasteiger partial charge in [0, 0.05) is 19.7 Å². The van der Waals surface area contributed by atoms with E-state index in [1.807, 2.05) is 6.07 Å². The average Bonchev–Trinajstić information content (AvgIpc) is 3.21. The lowest BCUT2D eigenvalue weighted by Crippen LogP contribution is -2.37. The maximum Gasteiger partial charge on any atom is 0.263 e. The van der Waals surface area contributed by atoms with Crippen molar-refractivity contribution in [3.05, 3.63) is 59.4 Å². The molecule has 1 amide bonds. The number of anilines is 1. The van der Waals surface area contributed by atoms with Gasteiger partial charge < -0.3 is 14.2 Å². The summed E-state index contributed by atoms with van der Waals surface area (Å²) < 4.78 is 35.4. The molecule has 0 saturated carbocycles. The number of likely N-dealkylation sites (N-methyl/N-ethyl adjacent to an activating group) is 1. The van der Waals surface area contributed by atoms with Gasteiger partial charge in [-0.3, -0.25) is 9.10 Å². The first kappa shape index (κ1) is 23.6. The number of aromatic nitrogens is 2. The van der Waals surface area contributed by atoms with Gasteiger partial charge in [0.25, 0.3) is 5.91 Å². The van der Waals surface area contributed by atoms with E-state index < -0.39 is 16.1 Å². The van der Waals surface area contributed by atoms with Crippen molar-refractivity contribution in [2.24, 2.45) is 0 Å². The number of nitrogens with zero attached hydrogens (tertiary/aromatic N) is 4. The molecule has 0 unspecified atom stereocenters. The van der Waals surface area contributed by atoms with Crippen LogP contribution in [0.5, 0.6) is 5.75 Å². The molecule has 170 valence electrons. The molecule has 0 aliphatic carbocycles. The Morgan fingerprint density at radius 1 is 1.16 bits per heavy atom. The number of ether oxygens (including phenoxy) is 1. The number of amides is 1. The number of benzene rings is 2. The van der Waals surface area contributed by atoms with E-state index >= 15 is 0 Å². The van der Waals surface area contributed by atoms with Crippen molar-refractivity contribution in [3.63, 3.8) is 0 Å². The fourth-order valence-electron chi connectivity index (χ4n) is 2.84. The van der Waals surface area contributed by atoms with Crippen molar-refractivity contribution in [2.45, 2.75) is 19.6 Å². The first-order chi connectivity index (χ1) is 15.1. The Morgan fingerprint density at radius 2 is 1.81 bits per heavy atom. The van der Waals surface area contributed by atoms with Crippen molar-refractivity contribution >= 4 is 33.2 Å². The summed E-state index contributed by atoms with van der Waals surface area (Å²) in [4.78, 5) is 18.4. The SMILES string of the molecule is C[C@@H](Oc1ccc(N(C)S(C)(=O)=O)cc1)C(=O)N(C)Cc1nc(-c2ccccc2Cl)no1. The number of halogens is 1. The number of sulfonamides is 1. The lowest BCUT2D eigenvalue weighted by Gasteiger charge is -2.21. The molecule has 0 aliphatic heterocycles. The fourth-order valence-corrected chi connectivity index (χ4v) is 3.57. The molecule has 3 aromatic rings. The van der Waals surface area contributed by atoms with Gasteiger partial charge in [-0.1, -0.05) is 28.9 Å². The minimum absolute atomic E-state index is 0.0993. The van der Waals surface area contributed by atoms with Gasteiger partial charge in [0.05, 0.1) is 23.5 Å². The van der Waals surface area contributed by atoms with Gasteiger partial charge in [-0.15, -0.1) is 0 Å². The van der Waals surface area contributed by atoms with Crippen LogP contribution in [0.25, 0.3) is 11.4 Å². The summed E-state index contributed by atoms with van der Waals surface area (Å²) >= 11 is 6.16. The summed E-state index contributed by atoms with van der Waals surface area (Å²) in [6.07, 6.45) is 0.332. The molecule has 3 rings (SSSR count). The van der Waals surface area contributed by atoms with E-state index in [1.54, 1.807) is 56.4 Å². The molecular formula is C21H23ClN4O5S. The van der Waals surface area contributed by atoms with E-state index in [0.717, 1.165) is 10.6 Å². The Morgan fingerprint density at radius 3 is 2.44 bits per heavy atom. The van der Waals surface area contributed by atoms with Gasteiger partial charge in [0.2, 0.25) is 21.7 Å². The first-order valence-electron chi connectivity index (χ1n) is 9.59. The van der Waals surface area contributed by atoms with Crippen molar-refractivity contribution in [1.29, 1.82) is 0 Å². The van der Waals surface area contributed by atoms with Gasteiger partial charge in [0.15, 0.2) is 6.10 Å². The lowest BCUT2D eigenvalue weighted by atomic mass is 10.2. The Balaban J connectivity index is 1.61. The predicted octanol–water partition coefficient (Wildman–Crippen LogP) is 3.21. The highest BCUT2D eigenvalue weighted by Gasteiger charge is 2.22. The quantitative estimate of drug-likeness (QED) is 0.489. The average molecular weight is 479 g/mol. The highest BCUT2D eigenvalue weighted by molar-refractivity contribution is 7.92. The third-order valence-electron chi connectivity index (χ3n) is 4.69. The van der Waals surface area contributed by atoms with Crippen LogP contribution in [0.2, 0.25) is 5.02 Å². The van der Waals surface area contributed by atoms with Crippen LogP contribution in [0.15, 0.2) is 53.1 Å². The zero-order chi connectivity index (χ0) is 23.5. The minimum atomic E-state index is -3.36. The summed E-state index contributed by atoms with van der Waals surface area (Å²) in [5.74, 6) is 0.745. The van der Waals surface area contributed by atoms with Crippen LogP contribution in [0.4, 0.5) is 5.69 Å². The highest BCUT2D eigenvalue weighted by atomic mass is 35.5. The number of rotatable bonds is 8. The van der Waals surface area contributed by atoms with Crippen LogP contribution in [-0.4, -0.2) is 55.8 Å². The van der Waals surface area contributed by atoms with Crippen molar-refractivity contribution in [3.8, 4) is 17.1 Å². The molecule has 0 aliphatic rings. The Labute approximate surface area is 191 Å². The normalized spacial score (nSPS) is 12.3. The number of carbonyl (C=O) groups excluding carboxylic acids is 1. The van der Waals surface area contributed by atoms with Crippen LogP contribution < -0.4 is 9.04 Å². The van der Waals surface area contributed by atoms with E-state index in [0.29, 0.717) is 27.8 Å². The molecule has 0 saturated heterocycles. The zero-order valence-electron chi connectivity index (χ0n) is 18.0. The predicted molar refractivity (Wildman–Crippen MR) is 121 cm³/mol. The molecule has 0 bridgehead atoms. The Bertz CT molecular complexity index is 1200. The highest BCUT2D eigenvalue weighted by Crippen LogP contribution is 2.25. The van der Waals surface area contributed by atoms with Crippen LogP contribution in [0.3, 0.4) is 0 Å². The molecule has 1 aromatic heterocycles. The summed E-state index contributed by atoms with van der Waals surface area (Å²) in [7, 11) is -0.298. The molecule has 1 heterocycles. The van der Waals surface area contributed by atoms with E-state index in [2.05, 4.69) is 10.1 Å². The maximum absolute atomic E-state index is 12.7. The van der Waals surface area contributed by atoms with Crippen LogP contribution in [-0.2, 0) is 21.4 Å². The summed E-state index contributed by atoms with van der Waals surface area (Å²) in [5, 5.41) is 4.43. The second kappa shape index (κ2) is 9.58. The molecule has 1 atom stereocenters. The van der Waals surface area contributed by atoms with E-state index in [4.69, 9.17) is 20.9 Å². The van der Waals surface area contributed by atoms with Gasteiger partial charge in [-0.2, -0.15) is 4.98 Å².